The van der Waals surface area contributed by atoms with Crippen molar-refractivity contribution in [1.82, 2.24) is 0 Å². The van der Waals surface area contributed by atoms with Crippen LogP contribution >= 0.6 is 27.5 Å². The van der Waals surface area contributed by atoms with Crippen molar-refractivity contribution < 1.29 is 4.74 Å². The Hall–Kier alpha value is -1.19. The molecule has 0 saturated carbocycles. The van der Waals surface area contributed by atoms with Crippen LogP contribution in [-0.2, 0) is 12.8 Å². The van der Waals surface area contributed by atoms with Crippen molar-refractivity contribution in [2.75, 3.05) is 12.4 Å². The lowest BCUT2D eigenvalue weighted by Gasteiger charge is -2.27. The van der Waals surface area contributed by atoms with Crippen molar-refractivity contribution >= 4 is 33.2 Å². The summed E-state index contributed by atoms with van der Waals surface area (Å²) in [6, 6.07) is 12.7. The molecule has 3 rings (SSSR count). The molecule has 0 heterocycles. The van der Waals surface area contributed by atoms with Crippen molar-refractivity contribution in [3.8, 4) is 5.75 Å². The monoisotopic (exact) mass is 365 g/mol. The number of rotatable bonds is 3. The number of halogens is 2. The highest BCUT2D eigenvalue weighted by Crippen LogP contribution is 2.33. The summed E-state index contributed by atoms with van der Waals surface area (Å²) in [5.41, 5.74) is 3.86. The Kier molecular flexibility index (Phi) is 4.41. The van der Waals surface area contributed by atoms with Crippen LogP contribution in [-0.4, -0.2) is 13.2 Å². The van der Waals surface area contributed by atoms with E-state index in [1.54, 1.807) is 7.11 Å². The van der Waals surface area contributed by atoms with Gasteiger partial charge in [0.25, 0.3) is 0 Å². The van der Waals surface area contributed by atoms with Crippen LogP contribution in [0.3, 0.4) is 0 Å². The zero-order valence-electron chi connectivity index (χ0n) is 11.8. The van der Waals surface area contributed by atoms with Crippen molar-refractivity contribution in [3.05, 3.63) is 57.0 Å². The number of hydrogen-bond acceptors (Lipinski definition) is 2. The van der Waals surface area contributed by atoms with Crippen molar-refractivity contribution in [1.29, 1.82) is 0 Å². The molecular weight excluding hydrogens is 350 g/mol. The third kappa shape index (κ3) is 3.19. The summed E-state index contributed by atoms with van der Waals surface area (Å²) in [5.74, 6) is 0.929. The Morgan fingerprint density at radius 2 is 2.10 bits per heavy atom. The first-order valence-electron chi connectivity index (χ1n) is 7.03. The van der Waals surface area contributed by atoms with Gasteiger partial charge in [-0.3, -0.25) is 0 Å². The summed E-state index contributed by atoms with van der Waals surface area (Å²) in [6.07, 6.45) is 3.22. The fourth-order valence-electron chi connectivity index (χ4n) is 2.82. The molecule has 2 nitrogen and oxygen atoms in total. The van der Waals surface area contributed by atoms with Crippen LogP contribution in [0.2, 0.25) is 5.02 Å². The minimum atomic E-state index is 0.416. The van der Waals surface area contributed by atoms with Crippen LogP contribution in [0.5, 0.6) is 5.75 Å². The second kappa shape index (κ2) is 6.29. The van der Waals surface area contributed by atoms with Gasteiger partial charge in [0.2, 0.25) is 0 Å². The Balaban J connectivity index is 1.78. The van der Waals surface area contributed by atoms with E-state index in [2.05, 4.69) is 39.4 Å². The first kappa shape index (κ1) is 14.7. The van der Waals surface area contributed by atoms with E-state index in [4.69, 9.17) is 16.3 Å². The largest absolute Gasteiger partial charge is 0.497 e. The van der Waals surface area contributed by atoms with E-state index < -0.39 is 0 Å². The number of aryl methyl sites for hydroxylation is 1. The summed E-state index contributed by atoms with van der Waals surface area (Å²) in [7, 11) is 1.71. The van der Waals surface area contributed by atoms with Gasteiger partial charge in [0.15, 0.2) is 0 Å². The van der Waals surface area contributed by atoms with Gasteiger partial charge in [-0.25, -0.2) is 0 Å². The minimum Gasteiger partial charge on any atom is -0.497 e. The number of benzene rings is 2. The Labute approximate surface area is 138 Å². The normalized spacial score (nSPS) is 17.2. The molecule has 1 aliphatic carbocycles. The molecule has 0 spiro atoms. The van der Waals surface area contributed by atoms with Gasteiger partial charge in [-0.15, -0.1) is 0 Å². The molecule has 1 N–H and O–H groups in total. The van der Waals surface area contributed by atoms with Gasteiger partial charge in [0.1, 0.15) is 5.75 Å². The van der Waals surface area contributed by atoms with E-state index in [9.17, 15) is 0 Å². The average molecular weight is 367 g/mol. The third-order valence-corrected chi connectivity index (χ3v) is 5.35. The van der Waals surface area contributed by atoms with E-state index in [1.165, 1.54) is 11.1 Å². The van der Waals surface area contributed by atoms with Crippen molar-refractivity contribution in [2.45, 2.75) is 25.3 Å². The first-order valence-corrected chi connectivity index (χ1v) is 8.21. The van der Waals surface area contributed by atoms with Gasteiger partial charge in [-0.05, 0) is 70.6 Å². The third-order valence-electron chi connectivity index (χ3n) is 3.95. The number of nitrogens with one attached hydrogen (secondary N) is 1. The highest BCUT2D eigenvalue weighted by atomic mass is 79.9. The van der Waals surface area contributed by atoms with Gasteiger partial charge in [0, 0.05) is 6.04 Å². The number of hydrogen-bond donors (Lipinski definition) is 1. The lowest BCUT2D eigenvalue weighted by molar-refractivity contribution is 0.413. The summed E-state index contributed by atoms with van der Waals surface area (Å²) in [6.45, 7) is 0. The Bertz CT molecular complexity index is 659. The molecule has 110 valence electrons. The van der Waals surface area contributed by atoms with E-state index >= 15 is 0 Å². The summed E-state index contributed by atoms with van der Waals surface area (Å²) < 4.78 is 6.26. The molecule has 0 radical (unpaired) electrons. The molecule has 21 heavy (non-hydrogen) atoms. The van der Waals surface area contributed by atoms with E-state index in [0.29, 0.717) is 6.04 Å². The molecule has 0 aromatic heterocycles. The summed E-state index contributed by atoms with van der Waals surface area (Å²) in [4.78, 5) is 0. The maximum atomic E-state index is 6.15. The highest BCUT2D eigenvalue weighted by molar-refractivity contribution is 9.10. The van der Waals surface area contributed by atoms with Crippen LogP contribution in [0.1, 0.15) is 17.5 Å². The smallest absolute Gasteiger partial charge is 0.119 e. The summed E-state index contributed by atoms with van der Waals surface area (Å²) >= 11 is 9.70. The molecule has 0 saturated heterocycles. The Morgan fingerprint density at radius 3 is 2.90 bits per heavy atom. The molecule has 2 aromatic carbocycles. The molecule has 0 fully saturated rings. The predicted octanol–water partition coefficient (Wildman–Crippen LogP) is 5.08. The molecule has 0 bridgehead atoms. The van der Waals surface area contributed by atoms with Gasteiger partial charge >= 0.3 is 0 Å². The molecule has 4 heteroatoms. The fourth-order valence-corrected chi connectivity index (χ4v) is 3.37. The zero-order chi connectivity index (χ0) is 14.8. The van der Waals surface area contributed by atoms with E-state index in [-0.39, 0.29) is 0 Å². The molecule has 0 aliphatic heterocycles. The first-order chi connectivity index (χ1) is 10.2. The second-order valence-corrected chi connectivity index (χ2v) is 6.52. The van der Waals surface area contributed by atoms with Crippen molar-refractivity contribution in [3.63, 3.8) is 0 Å². The van der Waals surface area contributed by atoms with Crippen LogP contribution < -0.4 is 10.1 Å². The quantitative estimate of drug-likeness (QED) is 0.818. The number of anilines is 1. The lowest BCUT2D eigenvalue weighted by atomic mass is 9.88. The van der Waals surface area contributed by atoms with Gasteiger partial charge < -0.3 is 10.1 Å². The predicted molar refractivity (Wildman–Crippen MR) is 91.6 cm³/mol. The maximum absolute atomic E-state index is 6.15. The van der Waals surface area contributed by atoms with Crippen LogP contribution in [0, 0.1) is 0 Å². The second-order valence-electron chi connectivity index (χ2n) is 5.32. The number of methoxy groups -OCH3 is 1. The van der Waals surface area contributed by atoms with E-state index in [1.807, 2.05) is 18.2 Å². The minimum absolute atomic E-state index is 0.416. The Morgan fingerprint density at radius 1 is 1.24 bits per heavy atom. The average Bonchev–Trinajstić information content (AvgIpc) is 2.51. The molecule has 1 aliphatic rings. The fraction of sp³-hybridized carbons (Fsp3) is 0.294. The molecule has 1 unspecified atom stereocenters. The molecule has 0 amide bonds. The van der Waals surface area contributed by atoms with Crippen LogP contribution in [0.15, 0.2) is 40.9 Å². The molecular formula is C17H17BrClNO. The van der Waals surface area contributed by atoms with Crippen LogP contribution in [0.4, 0.5) is 5.69 Å². The molecule has 1 atom stereocenters. The van der Waals surface area contributed by atoms with Gasteiger partial charge in [-0.1, -0.05) is 23.7 Å². The zero-order valence-corrected chi connectivity index (χ0v) is 14.2. The standard InChI is InChI=1S/C17H17BrClNO/c1-21-14-8-6-11-5-7-13(9-12(11)10-14)20-16-4-2-3-15(19)17(16)18/h2-4,6,8,10,13,20H,5,7,9H2,1H3. The van der Waals surface area contributed by atoms with Crippen LogP contribution in [0.25, 0.3) is 0 Å². The number of fused-ring (bicyclic) bond motifs is 1. The maximum Gasteiger partial charge on any atom is 0.119 e. The molecule has 2 aromatic rings. The van der Waals surface area contributed by atoms with Gasteiger partial charge in [-0.2, -0.15) is 0 Å². The summed E-state index contributed by atoms with van der Waals surface area (Å²) in [5, 5.41) is 4.33. The highest BCUT2D eigenvalue weighted by Gasteiger charge is 2.20. The lowest BCUT2D eigenvalue weighted by Crippen LogP contribution is -2.27. The van der Waals surface area contributed by atoms with Gasteiger partial charge in [0.05, 0.1) is 22.3 Å². The van der Waals surface area contributed by atoms with Crippen molar-refractivity contribution in [2.24, 2.45) is 0 Å². The SMILES string of the molecule is COc1ccc2c(c1)CC(Nc1cccc(Cl)c1Br)CC2. The topological polar surface area (TPSA) is 21.3 Å². The van der Waals surface area contributed by atoms with E-state index in [0.717, 1.165) is 40.2 Å². The number of ether oxygens (including phenoxy) is 1.